The van der Waals surface area contributed by atoms with Gasteiger partial charge >= 0.3 is 0 Å². The van der Waals surface area contributed by atoms with Crippen LogP contribution < -0.4 is 11.3 Å². The number of aromatic amines is 1. The molecule has 0 aromatic carbocycles. The molecule has 0 saturated carbocycles. The molecule has 0 aliphatic heterocycles. The zero-order valence-electron chi connectivity index (χ0n) is 9.71. The van der Waals surface area contributed by atoms with Gasteiger partial charge in [-0.2, -0.15) is 0 Å². The number of pyridine rings is 2. The maximum Gasteiger partial charge on any atom is 0.250 e. The number of hydrogen-bond acceptors (Lipinski definition) is 4. The van der Waals surface area contributed by atoms with Crippen molar-refractivity contribution >= 4 is 17.0 Å². The molecule has 3 heterocycles. The number of aryl methyl sites for hydroxylation is 1. The lowest BCUT2D eigenvalue weighted by Crippen LogP contribution is -2.14. The number of nitrogens with zero attached hydrogens (tertiary/aromatic N) is 3. The predicted octanol–water partition coefficient (Wildman–Crippen LogP) is 0.906. The average molecular weight is 241 g/mol. The third kappa shape index (κ3) is 1.64. The Morgan fingerprint density at radius 3 is 2.89 bits per heavy atom. The highest BCUT2D eigenvalue weighted by atomic mass is 16.1. The van der Waals surface area contributed by atoms with Crippen molar-refractivity contribution in [2.45, 2.75) is 0 Å². The van der Waals surface area contributed by atoms with Gasteiger partial charge in [-0.3, -0.25) is 4.79 Å². The van der Waals surface area contributed by atoms with Crippen molar-refractivity contribution in [3.63, 3.8) is 0 Å². The van der Waals surface area contributed by atoms with E-state index in [1.807, 2.05) is 12.1 Å². The molecule has 3 N–H and O–H groups in total. The van der Waals surface area contributed by atoms with E-state index in [2.05, 4.69) is 15.0 Å². The van der Waals surface area contributed by atoms with Gasteiger partial charge in [0.05, 0.1) is 5.52 Å². The zero-order valence-corrected chi connectivity index (χ0v) is 9.71. The van der Waals surface area contributed by atoms with Crippen LogP contribution in [0.15, 0.2) is 35.3 Å². The number of anilines is 1. The summed E-state index contributed by atoms with van der Waals surface area (Å²) in [5.74, 6) is 1.03. The fraction of sp³-hybridized carbons (Fsp3) is 0.0833. The van der Waals surface area contributed by atoms with Crippen molar-refractivity contribution in [1.82, 2.24) is 19.5 Å². The molecule has 0 saturated heterocycles. The second-order valence-corrected chi connectivity index (χ2v) is 4.06. The Hall–Kier alpha value is -2.63. The van der Waals surface area contributed by atoms with Crippen LogP contribution in [0.25, 0.3) is 22.6 Å². The molecule has 3 aromatic heterocycles. The molecule has 0 atom stereocenters. The van der Waals surface area contributed by atoms with Gasteiger partial charge in [-0.15, -0.1) is 0 Å². The summed E-state index contributed by atoms with van der Waals surface area (Å²) in [6, 6.07) is 6.87. The summed E-state index contributed by atoms with van der Waals surface area (Å²) in [5.41, 5.74) is 7.58. The van der Waals surface area contributed by atoms with E-state index in [9.17, 15) is 4.79 Å². The molecule has 0 aliphatic rings. The molecule has 6 heteroatoms. The molecule has 6 nitrogen and oxygen atoms in total. The summed E-state index contributed by atoms with van der Waals surface area (Å²) in [5, 5.41) is 0. The number of imidazole rings is 1. The third-order valence-corrected chi connectivity index (χ3v) is 2.75. The van der Waals surface area contributed by atoms with Crippen LogP contribution in [-0.2, 0) is 7.05 Å². The molecule has 0 bridgehead atoms. The quantitative estimate of drug-likeness (QED) is 0.662. The number of hydrogen-bond donors (Lipinski definition) is 2. The van der Waals surface area contributed by atoms with Crippen LogP contribution in [0.1, 0.15) is 0 Å². The van der Waals surface area contributed by atoms with Crippen molar-refractivity contribution in [2.75, 3.05) is 5.73 Å². The minimum atomic E-state index is -0.0829. The smallest absolute Gasteiger partial charge is 0.250 e. The van der Waals surface area contributed by atoms with E-state index in [1.54, 1.807) is 19.3 Å². The van der Waals surface area contributed by atoms with Gasteiger partial charge in [0, 0.05) is 24.9 Å². The Labute approximate surface area is 102 Å². The molecule has 0 fully saturated rings. The highest BCUT2D eigenvalue weighted by molar-refractivity contribution is 5.77. The molecule has 0 amide bonds. The molecular weight excluding hydrogens is 230 g/mol. The first-order valence-electron chi connectivity index (χ1n) is 5.43. The van der Waals surface area contributed by atoms with Gasteiger partial charge < -0.3 is 15.3 Å². The van der Waals surface area contributed by atoms with E-state index in [-0.39, 0.29) is 5.56 Å². The van der Waals surface area contributed by atoms with E-state index in [0.717, 1.165) is 11.1 Å². The number of nitrogen functional groups attached to an aromatic ring is 1. The highest BCUT2D eigenvalue weighted by Crippen LogP contribution is 2.18. The number of nitrogens with one attached hydrogen (secondary N) is 1. The van der Waals surface area contributed by atoms with Crippen LogP contribution in [0.3, 0.4) is 0 Å². The fourth-order valence-corrected chi connectivity index (χ4v) is 1.74. The first-order valence-corrected chi connectivity index (χ1v) is 5.43. The molecule has 0 unspecified atom stereocenters. The maximum atomic E-state index is 11.6. The average Bonchev–Trinajstić information content (AvgIpc) is 2.75. The lowest BCUT2D eigenvalue weighted by atomic mass is 10.2. The van der Waals surface area contributed by atoms with Crippen molar-refractivity contribution < 1.29 is 0 Å². The van der Waals surface area contributed by atoms with Gasteiger partial charge in [-0.05, 0) is 18.2 Å². The normalized spacial score (nSPS) is 10.9. The molecule has 0 aliphatic carbocycles. The van der Waals surface area contributed by atoms with Crippen LogP contribution >= 0.6 is 0 Å². The van der Waals surface area contributed by atoms with Crippen LogP contribution in [0.2, 0.25) is 0 Å². The molecule has 3 rings (SSSR count). The molecule has 0 radical (unpaired) electrons. The summed E-state index contributed by atoms with van der Waals surface area (Å²) in [4.78, 5) is 23.1. The topological polar surface area (TPSA) is 89.6 Å². The van der Waals surface area contributed by atoms with Crippen molar-refractivity contribution in [3.05, 3.63) is 40.8 Å². The van der Waals surface area contributed by atoms with Gasteiger partial charge in [0.25, 0.3) is 5.56 Å². The number of nitrogens with two attached hydrogens (primary N) is 1. The minimum Gasteiger partial charge on any atom is -0.384 e. The number of aromatic nitrogens is 4. The molecular formula is C12H11N5O. The summed E-state index contributed by atoms with van der Waals surface area (Å²) < 4.78 is 1.50. The van der Waals surface area contributed by atoms with Crippen molar-refractivity contribution in [2.24, 2.45) is 7.05 Å². The second kappa shape index (κ2) is 3.69. The van der Waals surface area contributed by atoms with Gasteiger partial charge in [-0.1, -0.05) is 0 Å². The Kier molecular flexibility index (Phi) is 2.16. The standard InChI is InChI=1S/C12H11N5O/c1-17-5-4-7(6-10(17)18)11-14-8-2-3-9(13)15-12(8)16-11/h2-6H,1H3,(H3,13,14,15,16). The zero-order chi connectivity index (χ0) is 12.7. The van der Waals surface area contributed by atoms with Crippen molar-refractivity contribution in [1.29, 1.82) is 0 Å². The Balaban J connectivity index is 2.19. The van der Waals surface area contributed by atoms with E-state index in [1.165, 1.54) is 10.6 Å². The number of fused-ring (bicyclic) bond motifs is 1. The van der Waals surface area contributed by atoms with Crippen LogP contribution in [0.5, 0.6) is 0 Å². The molecule has 0 spiro atoms. The van der Waals surface area contributed by atoms with Crippen LogP contribution in [0, 0.1) is 0 Å². The Morgan fingerprint density at radius 1 is 1.28 bits per heavy atom. The van der Waals surface area contributed by atoms with Gasteiger partial charge in [0.1, 0.15) is 11.6 Å². The summed E-state index contributed by atoms with van der Waals surface area (Å²) in [7, 11) is 1.70. The van der Waals surface area contributed by atoms with Crippen molar-refractivity contribution in [3.8, 4) is 11.4 Å². The monoisotopic (exact) mass is 241 g/mol. The number of rotatable bonds is 1. The number of H-pyrrole nitrogens is 1. The Morgan fingerprint density at radius 2 is 2.11 bits per heavy atom. The van der Waals surface area contributed by atoms with Crippen LogP contribution in [0.4, 0.5) is 5.82 Å². The highest BCUT2D eigenvalue weighted by Gasteiger charge is 2.07. The summed E-state index contributed by atoms with van der Waals surface area (Å²) >= 11 is 0. The lowest BCUT2D eigenvalue weighted by Gasteiger charge is -1.98. The first-order chi connectivity index (χ1) is 8.63. The molecule has 3 aromatic rings. The van der Waals surface area contributed by atoms with Gasteiger partial charge in [0.2, 0.25) is 0 Å². The molecule has 90 valence electrons. The van der Waals surface area contributed by atoms with E-state index >= 15 is 0 Å². The van der Waals surface area contributed by atoms with Gasteiger partial charge in [0.15, 0.2) is 5.65 Å². The first kappa shape index (κ1) is 10.5. The van der Waals surface area contributed by atoms with E-state index in [4.69, 9.17) is 5.73 Å². The second-order valence-electron chi connectivity index (χ2n) is 4.06. The summed E-state index contributed by atoms with van der Waals surface area (Å²) in [6.07, 6.45) is 1.70. The van der Waals surface area contributed by atoms with E-state index in [0.29, 0.717) is 17.3 Å². The third-order valence-electron chi connectivity index (χ3n) is 2.75. The lowest BCUT2D eigenvalue weighted by molar-refractivity contribution is 0.860. The minimum absolute atomic E-state index is 0.0829. The largest absolute Gasteiger partial charge is 0.384 e. The SMILES string of the molecule is Cn1ccc(-c2nc3nc(N)ccc3[nH]2)cc1=O. The molecule has 18 heavy (non-hydrogen) atoms. The predicted molar refractivity (Wildman–Crippen MR) is 69.0 cm³/mol. The van der Waals surface area contributed by atoms with Crippen LogP contribution in [-0.4, -0.2) is 19.5 Å². The summed E-state index contributed by atoms with van der Waals surface area (Å²) in [6.45, 7) is 0. The van der Waals surface area contributed by atoms with Gasteiger partial charge in [-0.25, -0.2) is 9.97 Å². The Bertz CT molecular complexity index is 787. The fourth-order valence-electron chi connectivity index (χ4n) is 1.74. The van der Waals surface area contributed by atoms with E-state index < -0.39 is 0 Å². The maximum absolute atomic E-state index is 11.6.